The fraction of sp³-hybridized carbons (Fsp3) is 0. The normalized spacial score (nSPS) is 9.87. The number of carbonyl (C=O) groups excluding carboxylic acids is 1. The number of hydrogen-bond acceptors (Lipinski definition) is 4. The molecule has 0 aliphatic rings. The Morgan fingerprint density at radius 1 is 1.47 bits per heavy atom. The highest BCUT2D eigenvalue weighted by Gasteiger charge is 2.03. The molecular formula is C8H8N6O. The van der Waals surface area contributed by atoms with Crippen molar-refractivity contribution in [3.05, 3.63) is 24.3 Å². The second-order valence-corrected chi connectivity index (χ2v) is 2.81. The molecular weight excluding hydrogens is 196 g/mol. The van der Waals surface area contributed by atoms with Crippen LogP contribution in [-0.2, 0) is 0 Å². The fourth-order valence-corrected chi connectivity index (χ4v) is 1.16. The van der Waals surface area contributed by atoms with Crippen LogP contribution >= 0.6 is 0 Å². The number of rotatable bonds is 2. The summed E-state index contributed by atoms with van der Waals surface area (Å²) >= 11 is 0. The number of aromatic nitrogens is 4. The standard InChI is InChI=1S/C8H8N6O/c9-8(15)10-6-3-1-2-5(4-6)7-11-13-14-12-7/h1-4H,(H3,9,10,15)(H,11,12,13,14). The number of benzene rings is 1. The number of H-pyrrole nitrogens is 1. The molecule has 7 heteroatoms. The first-order valence-electron chi connectivity index (χ1n) is 4.16. The molecule has 7 nitrogen and oxygen atoms in total. The number of tetrazole rings is 1. The maximum absolute atomic E-state index is 10.6. The lowest BCUT2D eigenvalue weighted by atomic mass is 10.2. The zero-order valence-electron chi connectivity index (χ0n) is 7.64. The van der Waals surface area contributed by atoms with Crippen LogP contribution in [0.3, 0.4) is 0 Å². The largest absolute Gasteiger partial charge is 0.351 e. The van der Waals surface area contributed by atoms with Gasteiger partial charge in [-0.1, -0.05) is 12.1 Å². The van der Waals surface area contributed by atoms with E-state index in [1.807, 2.05) is 0 Å². The van der Waals surface area contributed by atoms with Crippen LogP contribution in [0, 0.1) is 0 Å². The Labute approximate surface area is 84.7 Å². The van der Waals surface area contributed by atoms with Gasteiger partial charge in [0.2, 0.25) is 5.82 Å². The molecule has 2 amide bonds. The summed E-state index contributed by atoms with van der Waals surface area (Å²) in [4.78, 5) is 10.6. The molecule has 0 fully saturated rings. The molecule has 15 heavy (non-hydrogen) atoms. The summed E-state index contributed by atoms with van der Waals surface area (Å²) in [5, 5.41) is 15.9. The van der Waals surface area contributed by atoms with E-state index in [0.29, 0.717) is 11.5 Å². The molecule has 1 aromatic carbocycles. The van der Waals surface area contributed by atoms with Crippen LogP contribution < -0.4 is 11.1 Å². The summed E-state index contributed by atoms with van der Waals surface area (Å²) in [6, 6.07) is 6.37. The van der Waals surface area contributed by atoms with Gasteiger partial charge in [0.25, 0.3) is 0 Å². The Morgan fingerprint density at radius 2 is 2.33 bits per heavy atom. The highest BCUT2D eigenvalue weighted by atomic mass is 16.2. The van der Waals surface area contributed by atoms with Crippen LogP contribution in [-0.4, -0.2) is 26.7 Å². The molecule has 1 heterocycles. The van der Waals surface area contributed by atoms with Crippen LogP contribution in [0.5, 0.6) is 0 Å². The first-order chi connectivity index (χ1) is 7.25. The van der Waals surface area contributed by atoms with Crippen LogP contribution in [0.25, 0.3) is 11.4 Å². The zero-order valence-corrected chi connectivity index (χ0v) is 7.64. The van der Waals surface area contributed by atoms with Gasteiger partial charge in [-0.15, -0.1) is 10.2 Å². The average molecular weight is 204 g/mol. The lowest BCUT2D eigenvalue weighted by Crippen LogP contribution is -2.19. The molecule has 4 N–H and O–H groups in total. The minimum atomic E-state index is -0.611. The summed E-state index contributed by atoms with van der Waals surface area (Å²) in [6.07, 6.45) is 0. The monoisotopic (exact) mass is 204 g/mol. The van der Waals surface area contributed by atoms with Gasteiger partial charge in [-0.3, -0.25) is 0 Å². The van der Waals surface area contributed by atoms with Gasteiger partial charge in [-0.05, 0) is 17.3 Å². The van der Waals surface area contributed by atoms with Gasteiger partial charge in [-0.2, -0.15) is 5.21 Å². The summed E-state index contributed by atoms with van der Waals surface area (Å²) in [6.45, 7) is 0. The fourth-order valence-electron chi connectivity index (χ4n) is 1.16. The molecule has 0 radical (unpaired) electrons. The van der Waals surface area contributed by atoms with E-state index in [-0.39, 0.29) is 0 Å². The summed E-state index contributed by atoms with van der Waals surface area (Å²) in [7, 11) is 0. The maximum atomic E-state index is 10.6. The Morgan fingerprint density at radius 3 is 3.00 bits per heavy atom. The van der Waals surface area contributed by atoms with Gasteiger partial charge in [0.15, 0.2) is 0 Å². The van der Waals surface area contributed by atoms with Crippen molar-refractivity contribution in [2.24, 2.45) is 5.73 Å². The predicted octanol–water partition coefficient (Wildman–Crippen LogP) is 0.357. The Balaban J connectivity index is 2.31. The minimum Gasteiger partial charge on any atom is -0.351 e. The Hall–Kier alpha value is -2.44. The quantitative estimate of drug-likeness (QED) is 0.655. The van der Waals surface area contributed by atoms with Gasteiger partial charge in [0.05, 0.1) is 0 Å². The molecule has 1 aromatic heterocycles. The number of hydrogen-bond donors (Lipinski definition) is 3. The van der Waals surface area contributed by atoms with Crippen LogP contribution in [0.4, 0.5) is 10.5 Å². The van der Waals surface area contributed by atoms with Gasteiger partial charge < -0.3 is 11.1 Å². The molecule has 2 aromatic rings. The van der Waals surface area contributed by atoms with E-state index in [4.69, 9.17) is 5.73 Å². The molecule has 0 unspecified atom stereocenters. The molecule has 0 saturated carbocycles. The number of aromatic amines is 1. The molecule has 0 aliphatic heterocycles. The highest BCUT2D eigenvalue weighted by molar-refractivity contribution is 5.88. The Bertz CT molecular complexity index is 466. The van der Waals surface area contributed by atoms with Gasteiger partial charge >= 0.3 is 6.03 Å². The number of anilines is 1. The maximum Gasteiger partial charge on any atom is 0.316 e. The zero-order chi connectivity index (χ0) is 10.7. The topological polar surface area (TPSA) is 110 Å². The van der Waals surface area contributed by atoms with E-state index in [1.54, 1.807) is 24.3 Å². The summed E-state index contributed by atoms with van der Waals surface area (Å²) in [5.41, 5.74) is 6.33. The van der Waals surface area contributed by atoms with Crippen molar-refractivity contribution in [2.75, 3.05) is 5.32 Å². The number of nitrogens with zero attached hydrogens (tertiary/aromatic N) is 3. The van der Waals surface area contributed by atoms with Crippen molar-refractivity contribution in [2.45, 2.75) is 0 Å². The third kappa shape index (κ3) is 2.08. The number of primary amides is 1. The molecule has 0 spiro atoms. The van der Waals surface area contributed by atoms with E-state index in [9.17, 15) is 4.79 Å². The SMILES string of the molecule is NC(=O)Nc1cccc(-c2nn[nH]n2)c1. The number of carbonyl (C=O) groups is 1. The van der Waals surface area contributed by atoms with Gasteiger partial charge in [0, 0.05) is 11.3 Å². The van der Waals surface area contributed by atoms with Crippen molar-refractivity contribution in [3.8, 4) is 11.4 Å². The van der Waals surface area contributed by atoms with Gasteiger partial charge in [-0.25, -0.2) is 4.79 Å². The van der Waals surface area contributed by atoms with Crippen molar-refractivity contribution >= 4 is 11.7 Å². The van der Waals surface area contributed by atoms with E-state index in [0.717, 1.165) is 5.56 Å². The second kappa shape index (κ2) is 3.74. The molecule has 0 bridgehead atoms. The van der Waals surface area contributed by atoms with Crippen molar-refractivity contribution < 1.29 is 4.79 Å². The second-order valence-electron chi connectivity index (χ2n) is 2.81. The molecule has 76 valence electrons. The molecule has 0 saturated heterocycles. The first-order valence-corrected chi connectivity index (χ1v) is 4.16. The molecule has 0 atom stereocenters. The van der Waals surface area contributed by atoms with Crippen molar-refractivity contribution in [1.82, 2.24) is 20.6 Å². The predicted molar refractivity (Wildman–Crippen MR) is 52.8 cm³/mol. The van der Waals surface area contributed by atoms with E-state index in [2.05, 4.69) is 25.9 Å². The van der Waals surface area contributed by atoms with E-state index >= 15 is 0 Å². The minimum absolute atomic E-state index is 0.461. The van der Waals surface area contributed by atoms with E-state index < -0.39 is 6.03 Å². The van der Waals surface area contributed by atoms with E-state index in [1.165, 1.54) is 0 Å². The third-order valence-electron chi connectivity index (χ3n) is 1.73. The number of amides is 2. The smallest absolute Gasteiger partial charge is 0.316 e. The Kier molecular flexibility index (Phi) is 2.28. The lowest BCUT2D eigenvalue weighted by molar-refractivity contribution is 0.259. The number of nitrogens with one attached hydrogen (secondary N) is 2. The molecule has 0 aliphatic carbocycles. The number of nitrogens with two attached hydrogens (primary N) is 1. The van der Waals surface area contributed by atoms with Gasteiger partial charge in [0.1, 0.15) is 0 Å². The van der Waals surface area contributed by atoms with Crippen molar-refractivity contribution in [3.63, 3.8) is 0 Å². The van der Waals surface area contributed by atoms with Crippen molar-refractivity contribution in [1.29, 1.82) is 0 Å². The van der Waals surface area contributed by atoms with Crippen LogP contribution in [0.1, 0.15) is 0 Å². The van der Waals surface area contributed by atoms with Crippen LogP contribution in [0.15, 0.2) is 24.3 Å². The molecule has 2 rings (SSSR count). The summed E-state index contributed by atoms with van der Waals surface area (Å²) < 4.78 is 0. The first kappa shape index (κ1) is 9.13. The van der Waals surface area contributed by atoms with Crippen LogP contribution in [0.2, 0.25) is 0 Å². The summed E-state index contributed by atoms with van der Waals surface area (Å²) in [5.74, 6) is 0.461. The highest BCUT2D eigenvalue weighted by Crippen LogP contribution is 2.17. The third-order valence-corrected chi connectivity index (χ3v) is 1.73. The average Bonchev–Trinajstić information content (AvgIpc) is 2.69. The number of urea groups is 1. The lowest BCUT2D eigenvalue weighted by Gasteiger charge is -2.02.